The van der Waals surface area contributed by atoms with E-state index in [1.165, 1.54) is 20.0 Å². The quantitative estimate of drug-likeness (QED) is 0.688. The third-order valence-corrected chi connectivity index (χ3v) is 2.95. The summed E-state index contributed by atoms with van der Waals surface area (Å²) in [7, 11) is 1.20. The second-order valence-corrected chi connectivity index (χ2v) is 4.69. The van der Waals surface area contributed by atoms with Crippen molar-refractivity contribution >= 4 is 12.1 Å². The van der Waals surface area contributed by atoms with Crippen LogP contribution in [0.5, 0.6) is 0 Å². The second kappa shape index (κ2) is 7.20. The minimum absolute atomic E-state index is 0.00639. The van der Waals surface area contributed by atoms with Crippen LogP contribution in [0.25, 0.3) is 0 Å². The third-order valence-electron chi connectivity index (χ3n) is 2.95. The maximum Gasteiger partial charge on any atom is 0.407 e. The van der Waals surface area contributed by atoms with Crippen LogP contribution in [0.4, 0.5) is 4.79 Å². The van der Waals surface area contributed by atoms with Crippen LogP contribution >= 0.6 is 0 Å². The van der Waals surface area contributed by atoms with E-state index in [2.05, 4.69) is 10.1 Å². The summed E-state index contributed by atoms with van der Waals surface area (Å²) >= 11 is 0. The molecule has 0 aromatic heterocycles. The smallest absolute Gasteiger partial charge is 0.407 e. The van der Waals surface area contributed by atoms with E-state index in [0.717, 1.165) is 6.61 Å². The van der Waals surface area contributed by atoms with Crippen LogP contribution in [0.15, 0.2) is 0 Å². The lowest BCUT2D eigenvalue weighted by Crippen LogP contribution is -2.41. The topological polar surface area (TPSA) is 84.9 Å². The first-order chi connectivity index (χ1) is 8.52. The van der Waals surface area contributed by atoms with Crippen molar-refractivity contribution in [3.05, 3.63) is 0 Å². The van der Waals surface area contributed by atoms with Crippen molar-refractivity contribution in [2.45, 2.75) is 44.8 Å². The molecule has 0 radical (unpaired) electrons. The molecule has 0 saturated heterocycles. The van der Waals surface area contributed by atoms with Gasteiger partial charge in [-0.1, -0.05) is 0 Å². The highest BCUT2D eigenvalue weighted by Gasteiger charge is 2.24. The Morgan fingerprint density at radius 2 is 2.06 bits per heavy atom. The molecule has 6 heteroatoms. The van der Waals surface area contributed by atoms with Gasteiger partial charge in [0, 0.05) is 6.61 Å². The molecule has 2 N–H and O–H groups in total. The molecule has 0 aliphatic heterocycles. The number of carboxylic acids is 1. The molecule has 0 aromatic carbocycles. The van der Waals surface area contributed by atoms with Crippen LogP contribution in [-0.2, 0) is 14.3 Å². The number of hydrogen-bond donors (Lipinski definition) is 2. The van der Waals surface area contributed by atoms with E-state index >= 15 is 0 Å². The molecule has 1 aliphatic rings. The van der Waals surface area contributed by atoms with E-state index in [1.54, 1.807) is 0 Å². The largest absolute Gasteiger partial charge is 0.480 e. The van der Waals surface area contributed by atoms with E-state index in [9.17, 15) is 9.59 Å². The van der Waals surface area contributed by atoms with E-state index < -0.39 is 18.1 Å². The average Bonchev–Trinajstić information content (AvgIpc) is 3.14. The summed E-state index contributed by atoms with van der Waals surface area (Å²) < 4.78 is 9.97. The predicted octanol–water partition coefficient (Wildman–Crippen LogP) is 1.39. The van der Waals surface area contributed by atoms with E-state index in [0.29, 0.717) is 18.8 Å². The molecule has 0 bridgehead atoms. The number of alkyl carbamates (subject to hydrolysis) is 1. The Morgan fingerprint density at radius 1 is 1.39 bits per heavy atom. The normalized spacial score (nSPS) is 17.9. The van der Waals surface area contributed by atoms with Crippen molar-refractivity contribution in [3.8, 4) is 0 Å². The van der Waals surface area contributed by atoms with Gasteiger partial charge in [0.2, 0.25) is 0 Å². The van der Waals surface area contributed by atoms with Gasteiger partial charge in [-0.2, -0.15) is 0 Å². The van der Waals surface area contributed by atoms with Crippen LogP contribution in [-0.4, -0.2) is 43.0 Å². The summed E-state index contributed by atoms with van der Waals surface area (Å²) in [4.78, 5) is 21.9. The summed E-state index contributed by atoms with van der Waals surface area (Å²) in [6.45, 7) is 2.67. The number of ether oxygens (including phenoxy) is 2. The van der Waals surface area contributed by atoms with Gasteiger partial charge in [0.15, 0.2) is 0 Å². The van der Waals surface area contributed by atoms with Gasteiger partial charge in [0.05, 0.1) is 13.2 Å². The number of amides is 1. The fourth-order valence-electron chi connectivity index (χ4n) is 1.53. The monoisotopic (exact) mass is 259 g/mol. The molecule has 1 fully saturated rings. The van der Waals surface area contributed by atoms with Gasteiger partial charge < -0.3 is 19.9 Å². The van der Waals surface area contributed by atoms with Crippen molar-refractivity contribution in [3.63, 3.8) is 0 Å². The molecule has 1 aliphatic carbocycles. The highest BCUT2D eigenvalue weighted by molar-refractivity contribution is 5.79. The summed E-state index contributed by atoms with van der Waals surface area (Å²) in [5, 5.41) is 11.2. The molecule has 1 rings (SSSR count). The zero-order valence-corrected chi connectivity index (χ0v) is 10.8. The van der Waals surface area contributed by atoms with E-state index in [4.69, 9.17) is 9.84 Å². The SMILES string of the molecule is COC(=O)N[C@@H](CC[C@@H](C)OCC1CC1)C(=O)O. The molecule has 2 atom stereocenters. The molecule has 0 aromatic rings. The Bertz CT molecular complexity index is 290. The van der Waals surface area contributed by atoms with Gasteiger partial charge in [0.25, 0.3) is 0 Å². The number of hydrogen-bond acceptors (Lipinski definition) is 4. The van der Waals surface area contributed by atoms with Crippen LogP contribution < -0.4 is 5.32 Å². The van der Waals surface area contributed by atoms with Crippen molar-refractivity contribution < 1.29 is 24.2 Å². The van der Waals surface area contributed by atoms with Gasteiger partial charge in [0.1, 0.15) is 6.04 Å². The van der Waals surface area contributed by atoms with Crippen LogP contribution in [0, 0.1) is 5.92 Å². The fraction of sp³-hybridized carbons (Fsp3) is 0.833. The lowest BCUT2D eigenvalue weighted by molar-refractivity contribution is -0.139. The Hall–Kier alpha value is -1.30. The standard InChI is InChI=1S/C12H21NO5/c1-8(18-7-9-4-5-9)3-6-10(11(14)15)13-12(16)17-2/h8-10H,3-7H2,1-2H3,(H,13,16)(H,14,15)/t8-,10+/m1/s1. The maximum absolute atomic E-state index is 11.0. The number of aliphatic carboxylic acids is 1. The molecule has 18 heavy (non-hydrogen) atoms. The Balaban J connectivity index is 2.22. The molecule has 6 nitrogen and oxygen atoms in total. The predicted molar refractivity (Wildman–Crippen MR) is 64.3 cm³/mol. The first-order valence-electron chi connectivity index (χ1n) is 6.21. The van der Waals surface area contributed by atoms with Crippen LogP contribution in [0.2, 0.25) is 0 Å². The first-order valence-corrected chi connectivity index (χ1v) is 6.21. The molecular formula is C12H21NO5. The number of carboxylic acid groups (broad SMARTS) is 1. The van der Waals surface area contributed by atoms with Crippen LogP contribution in [0.1, 0.15) is 32.6 Å². The Morgan fingerprint density at radius 3 is 2.56 bits per heavy atom. The molecule has 1 amide bonds. The van der Waals surface area contributed by atoms with Gasteiger partial charge in [-0.15, -0.1) is 0 Å². The Kier molecular flexibility index (Phi) is 5.91. The summed E-state index contributed by atoms with van der Waals surface area (Å²) in [6, 6.07) is -0.926. The number of nitrogens with one attached hydrogen (secondary N) is 1. The highest BCUT2D eigenvalue weighted by Crippen LogP contribution is 2.29. The maximum atomic E-state index is 11.0. The number of carbonyl (C=O) groups excluding carboxylic acids is 1. The molecule has 0 heterocycles. The van der Waals surface area contributed by atoms with Crippen molar-refractivity contribution in [2.75, 3.05) is 13.7 Å². The summed E-state index contributed by atoms with van der Waals surface area (Å²) in [5.41, 5.74) is 0. The van der Waals surface area contributed by atoms with E-state index in [1.807, 2.05) is 6.92 Å². The highest BCUT2D eigenvalue weighted by atomic mass is 16.5. The minimum Gasteiger partial charge on any atom is -0.480 e. The van der Waals surface area contributed by atoms with Crippen LogP contribution in [0.3, 0.4) is 0 Å². The lowest BCUT2D eigenvalue weighted by Gasteiger charge is -2.17. The lowest BCUT2D eigenvalue weighted by atomic mass is 10.1. The number of carbonyl (C=O) groups is 2. The van der Waals surface area contributed by atoms with Crippen molar-refractivity contribution in [1.82, 2.24) is 5.32 Å². The molecule has 0 spiro atoms. The van der Waals surface area contributed by atoms with Gasteiger partial charge in [-0.3, -0.25) is 0 Å². The molecular weight excluding hydrogens is 238 g/mol. The van der Waals surface area contributed by atoms with Gasteiger partial charge >= 0.3 is 12.1 Å². The fourth-order valence-corrected chi connectivity index (χ4v) is 1.53. The van der Waals surface area contributed by atoms with Gasteiger partial charge in [-0.25, -0.2) is 9.59 Å². The zero-order valence-electron chi connectivity index (χ0n) is 10.8. The second-order valence-electron chi connectivity index (χ2n) is 4.69. The van der Waals surface area contributed by atoms with Gasteiger partial charge in [-0.05, 0) is 38.5 Å². The minimum atomic E-state index is -1.06. The number of methoxy groups -OCH3 is 1. The van der Waals surface area contributed by atoms with E-state index in [-0.39, 0.29) is 6.10 Å². The average molecular weight is 259 g/mol. The first kappa shape index (κ1) is 14.8. The zero-order chi connectivity index (χ0) is 13.5. The summed E-state index contributed by atoms with van der Waals surface area (Å²) in [6.07, 6.45) is 2.66. The van der Waals surface area contributed by atoms with Crippen molar-refractivity contribution in [1.29, 1.82) is 0 Å². The van der Waals surface area contributed by atoms with Crippen molar-refractivity contribution in [2.24, 2.45) is 5.92 Å². The molecule has 104 valence electrons. The molecule has 1 saturated carbocycles. The molecule has 0 unspecified atom stereocenters. The third kappa shape index (κ3) is 5.86. The number of rotatable bonds is 8. The Labute approximate surface area is 107 Å². The summed E-state index contributed by atoms with van der Waals surface area (Å²) in [5.74, 6) is -0.370.